The van der Waals surface area contributed by atoms with Crippen molar-refractivity contribution in [2.45, 2.75) is 0 Å². The first-order valence-electron chi connectivity index (χ1n) is 3.56. The largest absolute Gasteiger partial charge is 0.382 e. The van der Waals surface area contributed by atoms with Crippen LogP contribution in [0.25, 0.3) is 11.2 Å². The van der Waals surface area contributed by atoms with E-state index in [9.17, 15) is 4.39 Å². The first kappa shape index (κ1) is 7.71. The molecule has 6 nitrogen and oxygen atoms in total. The molecular weight excluding hydrogens is 175 g/mol. The fourth-order valence-corrected chi connectivity index (χ4v) is 1.08. The monoisotopic (exact) mass is 182 g/mol. The van der Waals surface area contributed by atoms with Crippen molar-refractivity contribution in [1.82, 2.24) is 19.6 Å². The Hall–Kier alpha value is -1.92. The summed E-state index contributed by atoms with van der Waals surface area (Å²) < 4.78 is 14.1. The van der Waals surface area contributed by atoms with E-state index in [4.69, 9.17) is 5.73 Å². The number of nitrogen functional groups attached to an aromatic ring is 1. The lowest BCUT2D eigenvalue weighted by atomic mass is 10.5. The minimum absolute atomic E-state index is 0.165. The summed E-state index contributed by atoms with van der Waals surface area (Å²) in [6, 6.07) is 0. The maximum absolute atomic E-state index is 13.1. The van der Waals surface area contributed by atoms with Crippen molar-refractivity contribution in [3.63, 3.8) is 0 Å². The number of rotatable bonds is 1. The summed E-state index contributed by atoms with van der Waals surface area (Å²) in [7, 11) is 1.56. The van der Waals surface area contributed by atoms with Crippen LogP contribution in [0.15, 0.2) is 6.33 Å². The van der Waals surface area contributed by atoms with Crippen molar-refractivity contribution in [3.8, 4) is 0 Å². The maximum Gasteiger partial charge on any atom is 0.310 e. The number of nitrogens with one attached hydrogen (secondary N) is 1. The number of hydrogen-bond donors (Lipinski definition) is 2. The summed E-state index contributed by atoms with van der Waals surface area (Å²) in [4.78, 5) is 11.1. The molecule has 68 valence electrons. The average molecular weight is 182 g/mol. The SMILES string of the molecule is CNn1c(F)nc2c(N)ncnc21. The first-order chi connectivity index (χ1) is 6.24. The first-order valence-corrected chi connectivity index (χ1v) is 3.56. The van der Waals surface area contributed by atoms with E-state index >= 15 is 0 Å². The number of anilines is 1. The molecule has 13 heavy (non-hydrogen) atoms. The Morgan fingerprint density at radius 2 is 2.31 bits per heavy atom. The van der Waals surface area contributed by atoms with Crippen molar-refractivity contribution in [3.05, 3.63) is 12.4 Å². The zero-order valence-electron chi connectivity index (χ0n) is 6.82. The predicted octanol–water partition coefficient (Wildman–Crippen LogP) is -0.279. The smallest absolute Gasteiger partial charge is 0.310 e. The Balaban J connectivity index is 2.86. The van der Waals surface area contributed by atoms with Crippen LogP contribution in [0.1, 0.15) is 0 Å². The van der Waals surface area contributed by atoms with Crippen LogP contribution >= 0.6 is 0 Å². The second kappa shape index (κ2) is 2.54. The molecule has 7 heteroatoms. The molecule has 0 amide bonds. The lowest BCUT2D eigenvalue weighted by Gasteiger charge is -2.00. The molecule has 2 aromatic heterocycles. The minimum Gasteiger partial charge on any atom is -0.382 e. The molecule has 0 bridgehead atoms. The molecule has 2 aromatic rings. The van der Waals surface area contributed by atoms with Crippen LogP contribution in [-0.4, -0.2) is 26.7 Å². The molecule has 2 heterocycles. The van der Waals surface area contributed by atoms with Gasteiger partial charge in [0.1, 0.15) is 6.33 Å². The van der Waals surface area contributed by atoms with Gasteiger partial charge in [-0.25, -0.2) is 9.97 Å². The van der Waals surface area contributed by atoms with Gasteiger partial charge in [0.15, 0.2) is 17.0 Å². The van der Waals surface area contributed by atoms with Crippen LogP contribution in [-0.2, 0) is 0 Å². The summed E-state index contributed by atoms with van der Waals surface area (Å²) in [5, 5.41) is 0. The average Bonchev–Trinajstić information content (AvgIpc) is 2.43. The molecule has 0 atom stereocenters. The summed E-state index contributed by atoms with van der Waals surface area (Å²) in [6.07, 6.45) is 0.566. The lowest BCUT2D eigenvalue weighted by molar-refractivity contribution is 0.511. The van der Waals surface area contributed by atoms with Gasteiger partial charge in [-0.05, 0) is 0 Å². The van der Waals surface area contributed by atoms with Gasteiger partial charge in [0.05, 0.1) is 0 Å². The summed E-state index contributed by atoms with van der Waals surface area (Å²) >= 11 is 0. The molecule has 2 rings (SSSR count). The molecule has 0 radical (unpaired) electrons. The van der Waals surface area contributed by atoms with E-state index in [2.05, 4.69) is 20.4 Å². The maximum atomic E-state index is 13.1. The fraction of sp³-hybridized carbons (Fsp3) is 0.167. The van der Waals surface area contributed by atoms with Gasteiger partial charge in [-0.1, -0.05) is 0 Å². The second-order valence-electron chi connectivity index (χ2n) is 2.37. The Bertz CT molecular complexity index is 450. The van der Waals surface area contributed by atoms with E-state index in [1.807, 2.05) is 0 Å². The van der Waals surface area contributed by atoms with E-state index in [0.29, 0.717) is 5.65 Å². The molecule has 0 fully saturated rings. The van der Waals surface area contributed by atoms with Gasteiger partial charge in [0, 0.05) is 7.05 Å². The molecule has 0 aromatic carbocycles. The Morgan fingerprint density at radius 1 is 1.54 bits per heavy atom. The molecule has 0 spiro atoms. The van der Waals surface area contributed by atoms with Gasteiger partial charge < -0.3 is 11.2 Å². The Morgan fingerprint density at radius 3 is 3.00 bits per heavy atom. The highest BCUT2D eigenvalue weighted by molar-refractivity contribution is 5.81. The van der Waals surface area contributed by atoms with Crippen molar-refractivity contribution in [2.24, 2.45) is 0 Å². The van der Waals surface area contributed by atoms with Crippen LogP contribution in [0.2, 0.25) is 0 Å². The van der Waals surface area contributed by atoms with Crippen molar-refractivity contribution in [1.29, 1.82) is 0 Å². The van der Waals surface area contributed by atoms with Crippen molar-refractivity contribution >= 4 is 17.0 Å². The van der Waals surface area contributed by atoms with E-state index in [-0.39, 0.29) is 11.3 Å². The number of halogens is 1. The van der Waals surface area contributed by atoms with Crippen molar-refractivity contribution < 1.29 is 4.39 Å². The quantitative estimate of drug-likeness (QED) is 0.593. The molecule has 0 unspecified atom stereocenters. The Kier molecular flexibility index (Phi) is 1.51. The number of nitrogens with zero attached hydrogens (tertiary/aromatic N) is 4. The van der Waals surface area contributed by atoms with E-state index in [1.165, 1.54) is 6.33 Å². The number of fused-ring (bicyclic) bond motifs is 1. The molecule has 0 aliphatic heterocycles. The van der Waals surface area contributed by atoms with Crippen LogP contribution in [0.4, 0.5) is 10.2 Å². The Labute approximate surface area is 72.6 Å². The summed E-state index contributed by atoms with van der Waals surface area (Å²) in [5.74, 6) is 0.165. The predicted molar refractivity (Wildman–Crippen MR) is 45.0 cm³/mol. The van der Waals surface area contributed by atoms with Gasteiger partial charge in [-0.3, -0.25) is 0 Å². The number of aromatic nitrogens is 4. The molecule has 0 saturated heterocycles. The van der Waals surface area contributed by atoms with E-state index in [0.717, 1.165) is 4.68 Å². The van der Waals surface area contributed by atoms with Crippen molar-refractivity contribution in [2.75, 3.05) is 18.2 Å². The molecule has 0 saturated carbocycles. The van der Waals surface area contributed by atoms with Gasteiger partial charge in [0.2, 0.25) is 0 Å². The summed E-state index contributed by atoms with van der Waals surface area (Å²) in [5.41, 5.74) is 8.64. The molecule has 0 aliphatic carbocycles. The third kappa shape index (κ3) is 0.968. The van der Waals surface area contributed by atoms with Gasteiger partial charge in [0.25, 0.3) is 0 Å². The zero-order valence-corrected chi connectivity index (χ0v) is 6.82. The third-order valence-corrected chi connectivity index (χ3v) is 1.66. The highest BCUT2D eigenvalue weighted by Crippen LogP contribution is 2.14. The second-order valence-corrected chi connectivity index (χ2v) is 2.37. The molecule has 3 N–H and O–H groups in total. The zero-order chi connectivity index (χ0) is 9.42. The minimum atomic E-state index is -0.690. The van der Waals surface area contributed by atoms with Gasteiger partial charge >= 0.3 is 6.08 Å². The van der Waals surface area contributed by atoms with E-state index in [1.54, 1.807) is 7.05 Å². The number of hydrogen-bond acceptors (Lipinski definition) is 5. The lowest BCUT2D eigenvalue weighted by Crippen LogP contribution is -2.11. The molecule has 0 aliphatic rings. The highest BCUT2D eigenvalue weighted by atomic mass is 19.1. The highest BCUT2D eigenvalue weighted by Gasteiger charge is 2.12. The summed E-state index contributed by atoms with van der Waals surface area (Å²) in [6.45, 7) is 0. The van der Waals surface area contributed by atoms with Crippen LogP contribution in [0.5, 0.6) is 0 Å². The van der Waals surface area contributed by atoms with Crippen LogP contribution < -0.4 is 11.2 Å². The normalized spacial score (nSPS) is 10.6. The van der Waals surface area contributed by atoms with Gasteiger partial charge in [-0.15, -0.1) is 0 Å². The number of nitrogens with two attached hydrogens (primary N) is 1. The third-order valence-electron chi connectivity index (χ3n) is 1.66. The molecular formula is C6H7FN6. The van der Waals surface area contributed by atoms with Gasteiger partial charge in [-0.2, -0.15) is 14.1 Å². The van der Waals surface area contributed by atoms with Crippen LogP contribution in [0.3, 0.4) is 0 Å². The van der Waals surface area contributed by atoms with Crippen LogP contribution in [0, 0.1) is 6.08 Å². The topological polar surface area (TPSA) is 81.7 Å². The van der Waals surface area contributed by atoms with E-state index < -0.39 is 6.08 Å². The fourth-order valence-electron chi connectivity index (χ4n) is 1.08. The standard InChI is InChI=1S/C6H7FN6/c1-9-13-5-3(12-6(13)7)4(8)10-2-11-5/h2,9H,1H3,(H2,8,10,11). The number of imidazole rings is 1.